The number of nitrogens with zero attached hydrogens (tertiary/aromatic N) is 1. The third kappa shape index (κ3) is 4.64. The molecule has 30 heavy (non-hydrogen) atoms. The summed E-state index contributed by atoms with van der Waals surface area (Å²) in [6, 6.07) is 2.74. The number of rotatable bonds is 7. The van der Waals surface area contributed by atoms with Gasteiger partial charge in [-0.15, -0.1) is 0 Å². The molecule has 0 atom stereocenters. The van der Waals surface area contributed by atoms with E-state index in [4.69, 9.17) is 4.74 Å². The number of amides is 1. The van der Waals surface area contributed by atoms with Gasteiger partial charge in [0.2, 0.25) is 0 Å². The maximum Gasteiger partial charge on any atom is 0.304 e. The molecular formula is C22H31FN2O4S. The number of nitrogens with one attached hydrogen (secondary N) is 1. The lowest BCUT2D eigenvalue weighted by atomic mass is 9.76. The summed E-state index contributed by atoms with van der Waals surface area (Å²) in [5, 5.41) is 0. The molecule has 1 aromatic carbocycles. The van der Waals surface area contributed by atoms with Gasteiger partial charge in [0.25, 0.3) is 5.91 Å². The van der Waals surface area contributed by atoms with E-state index in [1.54, 1.807) is 0 Å². The highest BCUT2D eigenvalue weighted by Gasteiger charge is 2.36. The Morgan fingerprint density at radius 2 is 1.90 bits per heavy atom. The number of carbonyl (C=O) groups excluding carboxylic acids is 1. The van der Waals surface area contributed by atoms with E-state index in [-0.39, 0.29) is 22.8 Å². The molecule has 2 saturated carbocycles. The maximum absolute atomic E-state index is 14.8. The summed E-state index contributed by atoms with van der Waals surface area (Å²) in [5.41, 5.74) is 0.648. The van der Waals surface area contributed by atoms with Crippen LogP contribution in [0.15, 0.2) is 12.1 Å². The van der Waals surface area contributed by atoms with Crippen LogP contribution in [0.5, 0.6) is 5.75 Å². The van der Waals surface area contributed by atoms with Gasteiger partial charge in [0, 0.05) is 24.6 Å². The molecule has 1 aliphatic heterocycles. The van der Waals surface area contributed by atoms with Crippen LogP contribution in [0.3, 0.4) is 0 Å². The molecule has 166 valence electrons. The predicted octanol–water partition coefficient (Wildman–Crippen LogP) is 3.98. The van der Waals surface area contributed by atoms with E-state index < -0.39 is 21.9 Å². The molecule has 1 N–H and O–H groups in total. The van der Waals surface area contributed by atoms with Crippen molar-refractivity contribution in [2.24, 2.45) is 11.3 Å². The number of hydrogen-bond donors (Lipinski definition) is 1. The van der Waals surface area contributed by atoms with Crippen LogP contribution >= 0.6 is 0 Å². The van der Waals surface area contributed by atoms with E-state index in [9.17, 15) is 17.6 Å². The minimum atomic E-state index is -3.95. The van der Waals surface area contributed by atoms with E-state index in [0.29, 0.717) is 25.4 Å². The quantitative estimate of drug-likeness (QED) is 0.699. The molecule has 6 nitrogen and oxygen atoms in total. The van der Waals surface area contributed by atoms with Crippen molar-refractivity contribution in [3.63, 3.8) is 0 Å². The van der Waals surface area contributed by atoms with Crippen LogP contribution in [-0.2, 0) is 10.2 Å². The molecular weight excluding hydrogens is 407 g/mol. The highest BCUT2D eigenvalue weighted by atomic mass is 32.2. The summed E-state index contributed by atoms with van der Waals surface area (Å²) in [5.74, 6) is -0.707. The highest BCUT2D eigenvalue weighted by Crippen LogP contribution is 2.46. The minimum absolute atomic E-state index is 0.0913. The smallest absolute Gasteiger partial charge is 0.304 e. The standard InChI is InChI=1S/C22H31FN2O4S/c1-15-12-25(13-15)30(27,28)24-21(26)18-10-17(16-6-7-16)20(11-19(18)23)29-14-22(2)8-4-3-5-9-22/h10-11,15-16H,3-9,12-14H2,1-2H3,(H,24,26). The number of hydrogen-bond acceptors (Lipinski definition) is 4. The first kappa shape index (κ1) is 21.6. The third-order valence-electron chi connectivity index (χ3n) is 6.59. The summed E-state index contributed by atoms with van der Waals surface area (Å²) in [7, 11) is -3.95. The highest BCUT2D eigenvalue weighted by molar-refractivity contribution is 7.87. The Bertz CT molecular complexity index is 917. The van der Waals surface area contributed by atoms with Gasteiger partial charge in [-0.2, -0.15) is 12.7 Å². The van der Waals surface area contributed by atoms with Crippen molar-refractivity contribution in [3.8, 4) is 5.75 Å². The first-order valence-corrected chi connectivity index (χ1v) is 12.4. The molecule has 1 amide bonds. The molecule has 0 radical (unpaired) electrons. The van der Waals surface area contributed by atoms with Crippen molar-refractivity contribution >= 4 is 16.1 Å². The lowest BCUT2D eigenvalue weighted by Crippen LogP contribution is -2.54. The fraction of sp³-hybridized carbons (Fsp3) is 0.682. The van der Waals surface area contributed by atoms with Crippen LogP contribution < -0.4 is 9.46 Å². The van der Waals surface area contributed by atoms with Crippen LogP contribution in [0, 0.1) is 17.2 Å². The van der Waals surface area contributed by atoms with Gasteiger partial charge in [-0.3, -0.25) is 4.79 Å². The van der Waals surface area contributed by atoms with Crippen molar-refractivity contribution in [3.05, 3.63) is 29.1 Å². The Morgan fingerprint density at radius 1 is 1.23 bits per heavy atom. The normalized spacial score (nSPS) is 22.4. The second kappa shape index (κ2) is 8.11. The number of halogens is 1. The van der Waals surface area contributed by atoms with Crippen LogP contribution in [0.1, 0.15) is 80.6 Å². The summed E-state index contributed by atoms with van der Waals surface area (Å²) in [4.78, 5) is 12.6. The van der Waals surface area contributed by atoms with E-state index in [2.05, 4.69) is 6.92 Å². The molecule has 0 bridgehead atoms. The molecule has 3 aliphatic rings. The Morgan fingerprint density at radius 3 is 2.50 bits per heavy atom. The van der Waals surface area contributed by atoms with Crippen molar-refractivity contribution in [2.75, 3.05) is 19.7 Å². The summed E-state index contributed by atoms with van der Waals surface area (Å²) < 4.78 is 48.7. The van der Waals surface area contributed by atoms with Gasteiger partial charge < -0.3 is 4.74 Å². The van der Waals surface area contributed by atoms with Gasteiger partial charge in [0.1, 0.15) is 11.6 Å². The number of carbonyl (C=O) groups is 1. The zero-order valence-corrected chi connectivity index (χ0v) is 18.6. The molecule has 1 aromatic rings. The van der Waals surface area contributed by atoms with Crippen LogP contribution in [0.2, 0.25) is 0 Å². The van der Waals surface area contributed by atoms with Crippen molar-refractivity contribution in [1.82, 2.24) is 9.03 Å². The topological polar surface area (TPSA) is 75.7 Å². The first-order valence-electron chi connectivity index (χ1n) is 11.0. The Hall–Kier alpha value is -1.67. The average Bonchev–Trinajstić information content (AvgIpc) is 3.49. The van der Waals surface area contributed by atoms with Crippen LogP contribution in [-0.4, -0.2) is 38.3 Å². The Kier molecular flexibility index (Phi) is 5.83. The fourth-order valence-corrected chi connectivity index (χ4v) is 5.84. The summed E-state index contributed by atoms with van der Waals surface area (Å²) in [6.07, 6.45) is 7.75. The Balaban J connectivity index is 1.51. The third-order valence-corrected chi connectivity index (χ3v) is 8.01. The summed E-state index contributed by atoms with van der Waals surface area (Å²) >= 11 is 0. The maximum atomic E-state index is 14.8. The molecule has 0 spiro atoms. The lowest BCUT2D eigenvalue weighted by Gasteiger charge is -2.35. The van der Waals surface area contributed by atoms with E-state index in [1.165, 1.54) is 35.7 Å². The van der Waals surface area contributed by atoms with Crippen LogP contribution in [0.25, 0.3) is 0 Å². The van der Waals surface area contributed by atoms with Crippen molar-refractivity contribution < 1.29 is 22.3 Å². The van der Waals surface area contributed by atoms with E-state index in [1.807, 2.05) is 11.6 Å². The summed E-state index contributed by atoms with van der Waals surface area (Å²) in [6.45, 7) is 5.40. The molecule has 1 saturated heterocycles. The lowest BCUT2D eigenvalue weighted by molar-refractivity contribution is 0.0970. The molecule has 2 aliphatic carbocycles. The zero-order valence-electron chi connectivity index (χ0n) is 17.7. The van der Waals surface area contributed by atoms with E-state index in [0.717, 1.165) is 31.2 Å². The van der Waals surface area contributed by atoms with Crippen LogP contribution in [0.4, 0.5) is 4.39 Å². The van der Waals surface area contributed by atoms with Crippen molar-refractivity contribution in [1.29, 1.82) is 0 Å². The second-order valence-electron chi connectivity index (χ2n) is 9.66. The molecule has 3 fully saturated rings. The Labute approximate surface area is 178 Å². The number of benzene rings is 1. The zero-order chi connectivity index (χ0) is 21.5. The molecule has 4 rings (SSSR count). The fourth-order valence-electron chi connectivity index (χ4n) is 4.46. The van der Waals surface area contributed by atoms with Gasteiger partial charge in [-0.05, 0) is 49.1 Å². The van der Waals surface area contributed by atoms with Crippen molar-refractivity contribution in [2.45, 2.75) is 64.7 Å². The SMILES string of the molecule is CC1CN(S(=O)(=O)NC(=O)c2cc(C3CC3)c(OCC3(C)CCCCC3)cc2F)C1. The van der Waals surface area contributed by atoms with Gasteiger partial charge in [-0.25, -0.2) is 9.11 Å². The number of ether oxygens (including phenoxy) is 1. The molecule has 8 heteroatoms. The van der Waals surface area contributed by atoms with Gasteiger partial charge in [0.05, 0.1) is 12.2 Å². The molecule has 0 unspecified atom stereocenters. The molecule has 1 heterocycles. The minimum Gasteiger partial charge on any atom is -0.493 e. The monoisotopic (exact) mass is 438 g/mol. The first-order chi connectivity index (χ1) is 14.2. The second-order valence-corrected chi connectivity index (χ2v) is 11.3. The van der Waals surface area contributed by atoms with Gasteiger partial charge >= 0.3 is 10.2 Å². The average molecular weight is 439 g/mol. The largest absolute Gasteiger partial charge is 0.493 e. The van der Waals surface area contributed by atoms with E-state index >= 15 is 0 Å². The molecule has 0 aromatic heterocycles. The predicted molar refractivity (Wildman–Crippen MR) is 112 cm³/mol. The van der Waals surface area contributed by atoms with Gasteiger partial charge in [0.15, 0.2) is 0 Å². The van der Waals surface area contributed by atoms with Gasteiger partial charge in [-0.1, -0.05) is 33.1 Å².